The van der Waals surface area contributed by atoms with Crippen molar-refractivity contribution in [3.8, 4) is 0 Å². The van der Waals surface area contributed by atoms with Crippen LogP contribution < -0.4 is 0 Å². The summed E-state index contributed by atoms with van der Waals surface area (Å²) in [6, 6.07) is 0. The topological polar surface area (TPSA) is 86.0 Å². The molecule has 0 spiro atoms. The van der Waals surface area contributed by atoms with Gasteiger partial charge in [-0.1, -0.05) is 0 Å². The van der Waals surface area contributed by atoms with Gasteiger partial charge in [0.2, 0.25) is 0 Å². The van der Waals surface area contributed by atoms with E-state index in [-0.39, 0.29) is 103 Å². The number of rotatable bonds is 0. The second kappa shape index (κ2) is 15.9. The zero-order chi connectivity index (χ0) is 3.58. The summed E-state index contributed by atoms with van der Waals surface area (Å²) in [5.41, 5.74) is 0. The third-order valence-corrected chi connectivity index (χ3v) is 0. The predicted octanol–water partition coefficient (Wildman–Crippen LogP) is -2.49. The van der Waals surface area contributed by atoms with Gasteiger partial charge in [-0.3, -0.25) is 4.46 Å². The molecule has 4 nitrogen and oxygen atoms in total. The van der Waals surface area contributed by atoms with Gasteiger partial charge in [0.1, 0.15) is 0 Å². The van der Waals surface area contributed by atoms with Crippen LogP contribution in [0.15, 0.2) is 0 Å². The summed E-state index contributed by atoms with van der Waals surface area (Å²) in [5, 5.41) is 0. The van der Waals surface area contributed by atoms with Gasteiger partial charge in [0.25, 0.3) is 0 Å². The molecule has 0 rings (SSSR count). The molecule has 0 amide bonds. The minimum absolute atomic E-state index is 0. The van der Waals surface area contributed by atoms with Gasteiger partial charge in [-0.15, -0.1) is 0 Å². The fourth-order valence-electron chi connectivity index (χ4n) is 0. The Hall–Kier alpha value is 2.72. The third kappa shape index (κ3) is 53.2. The summed E-state index contributed by atoms with van der Waals surface area (Å²) in [6.07, 6.45) is 0. The van der Waals surface area contributed by atoms with Crippen molar-refractivity contribution >= 4 is 107 Å². The summed E-state index contributed by atoms with van der Waals surface area (Å²) < 4.78 is 8.74. The first-order chi connectivity index (χ1) is 1.73. The average molecular weight is 369 g/mol. The molecule has 0 atom stereocenters. The molecule has 0 aromatic carbocycles. The van der Waals surface area contributed by atoms with Gasteiger partial charge in [0, 0.05) is 0 Å². The second-order valence-electron chi connectivity index (χ2n) is 0.283. The molecule has 0 fully saturated rings. The van der Waals surface area contributed by atoms with Gasteiger partial charge in [0.05, 0.1) is 0 Å². The summed E-state index contributed by atoms with van der Waals surface area (Å²) >= 11 is 0. The Morgan fingerprint density at radius 2 is 1.14 bits per heavy atom. The monoisotopic (exact) mass is 370 g/mol. The predicted molar refractivity (Wildman–Crippen MR) is 23.1 cm³/mol. The van der Waals surface area contributed by atoms with Crippen molar-refractivity contribution in [1.29, 1.82) is 0 Å². The van der Waals surface area contributed by atoms with Crippen molar-refractivity contribution in [2.24, 2.45) is 0 Å². The molecule has 0 aromatic heterocycles. The maximum atomic E-state index is 8.74. The molecule has 0 aliphatic heterocycles. The van der Waals surface area contributed by atoms with Crippen LogP contribution in [0.1, 0.15) is 0 Å². The first kappa shape index (κ1) is 22.6. The smallest absolute Gasteiger partial charge is 2.00 e. The fraction of sp³-hybridized carbons (Fsp3) is 0. The molecule has 0 bridgehead atoms. The molecule has 0 unspecified atom stereocenters. The van der Waals surface area contributed by atoms with Crippen molar-refractivity contribution in [2.75, 3.05) is 0 Å². The van der Waals surface area contributed by atoms with Crippen molar-refractivity contribution in [1.82, 2.24) is 0 Å². The minimum atomic E-state index is -3.13. The Morgan fingerprint density at radius 1 is 1.14 bits per heavy atom. The van der Waals surface area contributed by atoms with E-state index in [0.29, 0.717) is 0 Å². The van der Waals surface area contributed by atoms with Crippen molar-refractivity contribution < 1.29 is 19.5 Å². The van der Waals surface area contributed by atoms with Crippen LogP contribution in [0.3, 0.4) is 0 Å². The fourth-order valence-corrected chi connectivity index (χ4v) is 0. The van der Waals surface area contributed by atoms with Gasteiger partial charge < -0.3 is 15.1 Å². The first-order valence-electron chi connectivity index (χ1n) is 0.651. The second-order valence-corrected chi connectivity index (χ2v) is 0.848. The molecule has 7 heteroatoms. The zero-order valence-corrected chi connectivity index (χ0v) is 13.5. The summed E-state index contributed by atoms with van der Waals surface area (Å²) in [4.78, 5) is 14.3. The molecular weight excluding hydrogens is 367 g/mol. The van der Waals surface area contributed by atoms with Crippen LogP contribution in [-0.4, -0.2) is 117 Å². The van der Waals surface area contributed by atoms with E-state index >= 15 is 0 Å². The minimum Gasteiger partial charge on any atom is -2.00 e. The van der Waals surface area contributed by atoms with Gasteiger partial charge in [-0.25, -0.2) is 0 Å². The van der Waals surface area contributed by atoms with Crippen LogP contribution in [0.2, 0.25) is 0 Å². The number of hydrogen-bond donors (Lipinski definition) is 2. The van der Waals surface area contributed by atoms with Gasteiger partial charge >= 0.3 is 107 Å². The maximum absolute atomic E-state index is 8.74. The molecule has 32 valence electrons. The molecule has 0 saturated heterocycles. The van der Waals surface area contributed by atoms with Crippen LogP contribution in [0, 0.1) is 0 Å². The largest absolute Gasteiger partial charge is 2.00 e. The molecule has 0 aliphatic rings. The normalized spacial score (nSPS) is 3.43. The molecular formula is H2Ba2O4Si+2. The first-order valence-corrected chi connectivity index (χ1v) is 1.95. The van der Waals surface area contributed by atoms with Gasteiger partial charge in [-0.2, -0.15) is 0 Å². The van der Waals surface area contributed by atoms with Crippen LogP contribution in [0.5, 0.6) is 0 Å². The SMILES string of the molecule is O=[Si](O)O.[Ba+2].[Ba+2].[O-2]. The van der Waals surface area contributed by atoms with E-state index in [0.717, 1.165) is 0 Å². The quantitative estimate of drug-likeness (QED) is 0.464. The zero-order valence-electron chi connectivity index (χ0n) is 3.63. The third-order valence-electron chi connectivity index (χ3n) is 0. The summed E-state index contributed by atoms with van der Waals surface area (Å²) in [5.74, 6) is 0. The van der Waals surface area contributed by atoms with E-state index in [1.165, 1.54) is 0 Å². The molecule has 2 N–H and O–H groups in total. The van der Waals surface area contributed by atoms with Crippen molar-refractivity contribution in [3.05, 3.63) is 0 Å². The van der Waals surface area contributed by atoms with Crippen LogP contribution in [0.4, 0.5) is 0 Å². The van der Waals surface area contributed by atoms with Gasteiger partial charge in [0.15, 0.2) is 0 Å². The van der Waals surface area contributed by atoms with Crippen LogP contribution >= 0.6 is 0 Å². The molecule has 0 saturated carbocycles. The molecule has 0 heterocycles. The van der Waals surface area contributed by atoms with E-state index in [4.69, 9.17) is 14.1 Å². The Morgan fingerprint density at radius 3 is 1.14 bits per heavy atom. The Kier molecular flexibility index (Phi) is 51.3. The number of hydrogen-bond acceptors (Lipinski definition) is 1. The van der Waals surface area contributed by atoms with Crippen LogP contribution in [0.25, 0.3) is 0 Å². The summed E-state index contributed by atoms with van der Waals surface area (Å²) in [6.45, 7) is 0. The van der Waals surface area contributed by atoms with E-state index in [1.807, 2.05) is 0 Å². The average Bonchev–Trinajstić information content (AvgIpc) is 0.811. The van der Waals surface area contributed by atoms with Gasteiger partial charge in [-0.05, 0) is 0 Å². The standard InChI is InChI=1S/2Ba.H2O3Si.O/c;;1-4(2)3;/h;;1-2H;/q2*+2;;-2. The van der Waals surface area contributed by atoms with E-state index < -0.39 is 9.17 Å². The van der Waals surface area contributed by atoms with Crippen molar-refractivity contribution in [3.63, 3.8) is 0 Å². The molecule has 7 heavy (non-hydrogen) atoms. The molecule has 0 aromatic rings. The van der Waals surface area contributed by atoms with E-state index in [9.17, 15) is 0 Å². The van der Waals surface area contributed by atoms with Crippen molar-refractivity contribution in [2.45, 2.75) is 0 Å². The maximum Gasteiger partial charge on any atom is 2.00 e. The van der Waals surface area contributed by atoms with Crippen LogP contribution in [-0.2, 0) is 9.94 Å². The van der Waals surface area contributed by atoms with E-state index in [2.05, 4.69) is 0 Å². The molecule has 0 aliphatic carbocycles. The summed E-state index contributed by atoms with van der Waals surface area (Å²) in [7, 11) is -3.13. The Labute approximate surface area is 123 Å². The molecule has 0 radical (unpaired) electrons. The Bertz CT molecular complexity index is 32.7. The Balaban J connectivity index is -0.0000000150. The van der Waals surface area contributed by atoms with E-state index in [1.54, 1.807) is 0 Å².